The third-order valence-electron chi connectivity index (χ3n) is 2.17. The average molecular weight is 156 g/mol. The number of aldehydes is 1. The summed E-state index contributed by atoms with van der Waals surface area (Å²) in [6, 6.07) is 0. The number of esters is 1. The first kappa shape index (κ1) is 6.79. The molecule has 4 heteroatoms. The van der Waals surface area contributed by atoms with Crippen molar-refractivity contribution >= 4 is 12.3 Å². The van der Waals surface area contributed by atoms with Crippen molar-refractivity contribution in [2.45, 2.75) is 18.6 Å². The highest BCUT2D eigenvalue weighted by molar-refractivity contribution is 5.74. The average Bonchev–Trinajstić information content (AvgIpc) is 2.45. The molecule has 0 bridgehead atoms. The molecule has 60 valence electrons. The van der Waals surface area contributed by atoms with E-state index in [1.807, 2.05) is 0 Å². The van der Waals surface area contributed by atoms with E-state index in [0.29, 0.717) is 13.0 Å². The van der Waals surface area contributed by atoms with Crippen molar-refractivity contribution in [1.82, 2.24) is 0 Å². The molecule has 0 aromatic rings. The van der Waals surface area contributed by atoms with Crippen LogP contribution in [0.1, 0.15) is 6.42 Å². The molecule has 3 unspecified atom stereocenters. The van der Waals surface area contributed by atoms with Crippen LogP contribution in [0.5, 0.6) is 0 Å². The summed E-state index contributed by atoms with van der Waals surface area (Å²) in [5.41, 5.74) is 0. The fourth-order valence-corrected chi connectivity index (χ4v) is 1.58. The normalized spacial score (nSPS) is 41.8. The second-order valence-corrected chi connectivity index (χ2v) is 2.83. The molecule has 0 aliphatic carbocycles. The fourth-order valence-electron chi connectivity index (χ4n) is 1.58. The van der Waals surface area contributed by atoms with Gasteiger partial charge in [0.25, 0.3) is 0 Å². The van der Waals surface area contributed by atoms with Gasteiger partial charge in [-0.3, -0.25) is 4.79 Å². The number of ether oxygens (including phenoxy) is 2. The van der Waals surface area contributed by atoms with Crippen LogP contribution in [0.15, 0.2) is 0 Å². The van der Waals surface area contributed by atoms with Gasteiger partial charge in [-0.25, -0.2) is 0 Å². The third-order valence-corrected chi connectivity index (χ3v) is 2.17. The summed E-state index contributed by atoms with van der Waals surface area (Å²) >= 11 is 0. The minimum absolute atomic E-state index is 0.0278. The van der Waals surface area contributed by atoms with Gasteiger partial charge < -0.3 is 14.3 Å². The minimum Gasteiger partial charge on any atom is -0.459 e. The topological polar surface area (TPSA) is 52.6 Å². The van der Waals surface area contributed by atoms with Gasteiger partial charge >= 0.3 is 5.97 Å². The van der Waals surface area contributed by atoms with Gasteiger partial charge in [0, 0.05) is 5.92 Å². The molecule has 2 aliphatic heterocycles. The molecule has 0 N–H and O–H groups in total. The van der Waals surface area contributed by atoms with Gasteiger partial charge in [-0.05, 0) is 0 Å². The number of fused-ring (bicyclic) bond motifs is 1. The van der Waals surface area contributed by atoms with Gasteiger partial charge in [0.2, 0.25) is 0 Å². The molecule has 2 saturated heterocycles. The number of rotatable bonds is 1. The molecular formula is C7H8O4. The van der Waals surface area contributed by atoms with Gasteiger partial charge in [-0.15, -0.1) is 0 Å². The summed E-state index contributed by atoms with van der Waals surface area (Å²) in [4.78, 5) is 21.1. The lowest BCUT2D eigenvalue weighted by Gasteiger charge is -2.05. The lowest BCUT2D eigenvalue weighted by atomic mass is 9.99. The van der Waals surface area contributed by atoms with E-state index in [0.717, 1.165) is 6.29 Å². The Morgan fingerprint density at radius 2 is 2.36 bits per heavy atom. The first-order valence-corrected chi connectivity index (χ1v) is 3.57. The standard InChI is InChI=1S/C7H8O4/c8-2-5-4-1-7(9)11-6(4)3-10-5/h2,4-6H,1,3H2. The largest absolute Gasteiger partial charge is 0.459 e. The Morgan fingerprint density at radius 1 is 1.55 bits per heavy atom. The highest BCUT2D eigenvalue weighted by Gasteiger charge is 2.45. The first-order chi connectivity index (χ1) is 5.31. The monoisotopic (exact) mass is 156 g/mol. The smallest absolute Gasteiger partial charge is 0.306 e. The van der Waals surface area contributed by atoms with Gasteiger partial charge in [0.1, 0.15) is 18.5 Å². The zero-order valence-corrected chi connectivity index (χ0v) is 5.86. The molecule has 2 heterocycles. The highest BCUT2D eigenvalue weighted by atomic mass is 16.6. The molecule has 2 fully saturated rings. The maximum absolute atomic E-state index is 10.7. The first-order valence-electron chi connectivity index (χ1n) is 3.57. The zero-order valence-electron chi connectivity index (χ0n) is 5.86. The van der Waals surface area contributed by atoms with Crippen molar-refractivity contribution in [2.24, 2.45) is 5.92 Å². The maximum Gasteiger partial charge on any atom is 0.306 e. The quantitative estimate of drug-likeness (QED) is 0.380. The van der Waals surface area contributed by atoms with Crippen LogP contribution in [0, 0.1) is 5.92 Å². The minimum atomic E-state index is -0.425. The molecule has 0 radical (unpaired) electrons. The second-order valence-electron chi connectivity index (χ2n) is 2.83. The summed E-state index contributed by atoms with van der Waals surface area (Å²) in [7, 11) is 0. The molecule has 2 aliphatic rings. The van der Waals surface area contributed by atoms with Crippen LogP contribution in [-0.2, 0) is 19.1 Å². The molecule has 0 amide bonds. The van der Waals surface area contributed by atoms with Gasteiger partial charge in [0.15, 0.2) is 0 Å². The Hall–Kier alpha value is -0.900. The van der Waals surface area contributed by atoms with E-state index in [2.05, 4.69) is 0 Å². The Kier molecular flexibility index (Phi) is 1.42. The molecular weight excluding hydrogens is 148 g/mol. The predicted molar refractivity (Wildman–Crippen MR) is 33.8 cm³/mol. The summed E-state index contributed by atoms with van der Waals surface area (Å²) in [5.74, 6) is -0.241. The van der Waals surface area contributed by atoms with Crippen molar-refractivity contribution in [3.63, 3.8) is 0 Å². The van der Waals surface area contributed by atoms with E-state index in [1.54, 1.807) is 0 Å². The van der Waals surface area contributed by atoms with E-state index >= 15 is 0 Å². The van der Waals surface area contributed by atoms with Crippen molar-refractivity contribution in [1.29, 1.82) is 0 Å². The maximum atomic E-state index is 10.7. The molecule has 0 saturated carbocycles. The molecule has 3 atom stereocenters. The van der Waals surface area contributed by atoms with Crippen LogP contribution in [0.3, 0.4) is 0 Å². The van der Waals surface area contributed by atoms with E-state index in [4.69, 9.17) is 9.47 Å². The van der Waals surface area contributed by atoms with E-state index in [-0.39, 0.29) is 18.0 Å². The predicted octanol–water partition coefficient (Wildman–Crippen LogP) is -0.484. The third kappa shape index (κ3) is 0.939. The van der Waals surface area contributed by atoms with Crippen LogP contribution in [0.4, 0.5) is 0 Å². The van der Waals surface area contributed by atoms with Crippen molar-refractivity contribution in [2.75, 3.05) is 6.61 Å². The Labute approximate surface area is 63.5 Å². The Balaban J connectivity index is 2.12. The van der Waals surface area contributed by atoms with Crippen molar-refractivity contribution in [3.05, 3.63) is 0 Å². The molecule has 0 spiro atoms. The van der Waals surface area contributed by atoms with Crippen LogP contribution in [0.25, 0.3) is 0 Å². The molecule has 2 rings (SSSR count). The van der Waals surface area contributed by atoms with Crippen LogP contribution in [0.2, 0.25) is 0 Å². The SMILES string of the molecule is O=CC1OCC2OC(=O)CC12. The summed E-state index contributed by atoms with van der Waals surface area (Å²) in [5, 5.41) is 0. The lowest BCUT2D eigenvalue weighted by Crippen LogP contribution is -2.20. The number of carbonyl (C=O) groups is 2. The fraction of sp³-hybridized carbons (Fsp3) is 0.714. The zero-order chi connectivity index (χ0) is 7.84. The molecule has 0 aromatic carbocycles. The Morgan fingerprint density at radius 3 is 3.09 bits per heavy atom. The van der Waals surface area contributed by atoms with E-state index < -0.39 is 6.10 Å². The van der Waals surface area contributed by atoms with Gasteiger partial charge in [0.05, 0.1) is 13.0 Å². The van der Waals surface area contributed by atoms with Gasteiger partial charge in [-0.1, -0.05) is 0 Å². The number of carbonyl (C=O) groups excluding carboxylic acids is 2. The molecule has 4 nitrogen and oxygen atoms in total. The van der Waals surface area contributed by atoms with Crippen LogP contribution < -0.4 is 0 Å². The Bertz CT molecular complexity index is 201. The number of hydrogen-bond acceptors (Lipinski definition) is 4. The summed E-state index contributed by atoms with van der Waals surface area (Å²) in [6.45, 7) is 0.375. The second kappa shape index (κ2) is 2.30. The highest BCUT2D eigenvalue weighted by Crippen LogP contribution is 2.31. The summed E-state index contributed by atoms with van der Waals surface area (Å²) in [6.07, 6.45) is 0.477. The number of hydrogen-bond donors (Lipinski definition) is 0. The van der Waals surface area contributed by atoms with Gasteiger partial charge in [-0.2, -0.15) is 0 Å². The molecule has 0 aromatic heterocycles. The lowest BCUT2D eigenvalue weighted by molar-refractivity contribution is -0.142. The van der Waals surface area contributed by atoms with Crippen molar-refractivity contribution < 1.29 is 19.1 Å². The summed E-state index contributed by atoms with van der Waals surface area (Å²) < 4.78 is 9.97. The molecule has 11 heavy (non-hydrogen) atoms. The van der Waals surface area contributed by atoms with E-state index in [1.165, 1.54) is 0 Å². The van der Waals surface area contributed by atoms with E-state index in [9.17, 15) is 9.59 Å². The van der Waals surface area contributed by atoms with Crippen LogP contribution in [-0.4, -0.2) is 31.1 Å². The van der Waals surface area contributed by atoms with Crippen LogP contribution >= 0.6 is 0 Å². The van der Waals surface area contributed by atoms with Crippen molar-refractivity contribution in [3.8, 4) is 0 Å².